The van der Waals surface area contributed by atoms with Gasteiger partial charge < -0.3 is 9.53 Å². The minimum Gasteiger partial charge on any atom is -0.465 e. The largest absolute Gasteiger partial charge is 0.465 e. The second kappa shape index (κ2) is 5.80. The lowest BCUT2D eigenvalue weighted by Crippen LogP contribution is -2.01. The molecule has 0 fully saturated rings. The number of carbonyl (C=O) groups is 2. The first-order valence-electron chi connectivity index (χ1n) is 4.67. The Kier molecular flexibility index (Phi) is 4.39. The van der Waals surface area contributed by atoms with Gasteiger partial charge in [-0.25, -0.2) is 9.18 Å². The number of hydrogen-bond donors (Lipinski definition) is 0. The molecule has 0 saturated carbocycles. The summed E-state index contributed by atoms with van der Waals surface area (Å²) >= 11 is 0. The van der Waals surface area contributed by atoms with Gasteiger partial charge in [-0.05, 0) is 18.2 Å². The molecule has 0 aliphatic heterocycles. The molecule has 0 unspecified atom stereocenters. The van der Waals surface area contributed by atoms with Gasteiger partial charge >= 0.3 is 5.97 Å². The van der Waals surface area contributed by atoms with Crippen molar-refractivity contribution in [2.75, 3.05) is 7.11 Å². The Morgan fingerprint density at radius 1 is 1.50 bits per heavy atom. The number of rotatable bonds is 4. The molecule has 0 spiro atoms. The van der Waals surface area contributed by atoms with Crippen molar-refractivity contribution in [2.24, 2.45) is 0 Å². The second-order valence-electron chi connectivity index (χ2n) is 3.03. The maximum atomic E-state index is 13.3. The first kappa shape index (κ1) is 12.1. The number of ether oxygens (including phenoxy) is 1. The number of hydrogen-bond acceptors (Lipinski definition) is 3. The summed E-state index contributed by atoms with van der Waals surface area (Å²) in [5.41, 5.74) is 0.527. The number of carbonyl (C=O) groups excluding carboxylic acids is 2. The normalized spacial score (nSPS) is 10.4. The van der Waals surface area contributed by atoms with Crippen LogP contribution < -0.4 is 0 Å². The van der Waals surface area contributed by atoms with Crippen LogP contribution in [0.25, 0.3) is 6.08 Å². The molecule has 1 aromatic rings. The van der Waals surface area contributed by atoms with Crippen molar-refractivity contribution in [3.63, 3.8) is 0 Å². The topological polar surface area (TPSA) is 43.4 Å². The van der Waals surface area contributed by atoms with Gasteiger partial charge in [0.2, 0.25) is 0 Å². The summed E-state index contributed by atoms with van der Waals surface area (Å²) in [6.45, 7) is 0. The molecule has 0 aliphatic carbocycles. The SMILES string of the molecule is COC(=O)c1ccc(F)c(C=CCC=O)c1. The Labute approximate surface area is 92.5 Å². The lowest BCUT2D eigenvalue weighted by Gasteiger charge is -2.01. The zero-order valence-corrected chi connectivity index (χ0v) is 8.77. The Morgan fingerprint density at radius 2 is 2.25 bits per heavy atom. The van der Waals surface area contributed by atoms with E-state index in [4.69, 9.17) is 0 Å². The molecule has 1 rings (SSSR count). The maximum absolute atomic E-state index is 13.3. The molecule has 0 heterocycles. The van der Waals surface area contributed by atoms with Gasteiger partial charge in [-0.15, -0.1) is 0 Å². The van der Waals surface area contributed by atoms with Gasteiger partial charge in [0.05, 0.1) is 12.7 Å². The van der Waals surface area contributed by atoms with Crippen molar-refractivity contribution in [1.82, 2.24) is 0 Å². The summed E-state index contributed by atoms with van der Waals surface area (Å²) < 4.78 is 17.8. The van der Waals surface area contributed by atoms with E-state index in [2.05, 4.69) is 4.74 Å². The highest BCUT2D eigenvalue weighted by Crippen LogP contribution is 2.13. The van der Waals surface area contributed by atoms with Crippen LogP contribution >= 0.6 is 0 Å². The van der Waals surface area contributed by atoms with E-state index >= 15 is 0 Å². The molecule has 0 N–H and O–H groups in total. The molecule has 0 saturated heterocycles. The number of halogens is 1. The van der Waals surface area contributed by atoms with Gasteiger partial charge in [0.1, 0.15) is 12.1 Å². The monoisotopic (exact) mass is 222 g/mol. The molecule has 16 heavy (non-hydrogen) atoms. The third kappa shape index (κ3) is 3.02. The van der Waals surface area contributed by atoms with E-state index in [0.29, 0.717) is 6.29 Å². The molecule has 3 nitrogen and oxygen atoms in total. The first-order chi connectivity index (χ1) is 7.69. The van der Waals surface area contributed by atoms with Crippen LogP contribution in [0.5, 0.6) is 0 Å². The lowest BCUT2D eigenvalue weighted by atomic mass is 10.1. The van der Waals surface area contributed by atoms with E-state index in [0.717, 1.165) is 0 Å². The number of esters is 1. The summed E-state index contributed by atoms with van der Waals surface area (Å²) in [4.78, 5) is 21.3. The molecular weight excluding hydrogens is 211 g/mol. The van der Waals surface area contributed by atoms with Crippen molar-refractivity contribution in [2.45, 2.75) is 6.42 Å². The third-order valence-electron chi connectivity index (χ3n) is 1.95. The van der Waals surface area contributed by atoms with Crippen LogP contribution in [-0.4, -0.2) is 19.4 Å². The summed E-state index contributed by atoms with van der Waals surface area (Å²) in [6.07, 6.45) is 3.89. The van der Waals surface area contributed by atoms with Crippen LogP contribution in [0.1, 0.15) is 22.3 Å². The van der Waals surface area contributed by atoms with Crippen LogP contribution in [0, 0.1) is 5.82 Å². The lowest BCUT2D eigenvalue weighted by molar-refractivity contribution is -0.107. The minimum absolute atomic E-state index is 0.210. The average Bonchev–Trinajstić information content (AvgIpc) is 2.31. The summed E-state index contributed by atoms with van der Waals surface area (Å²) in [5, 5.41) is 0. The fourth-order valence-corrected chi connectivity index (χ4v) is 1.17. The predicted octanol–water partition coefficient (Wildman–Crippen LogP) is 2.21. The highest BCUT2D eigenvalue weighted by Gasteiger charge is 2.07. The fourth-order valence-electron chi connectivity index (χ4n) is 1.17. The van der Waals surface area contributed by atoms with E-state index in [-0.39, 0.29) is 17.5 Å². The second-order valence-corrected chi connectivity index (χ2v) is 3.03. The zero-order valence-electron chi connectivity index (χ0n) is 8.77. The summed E-state index contributed by atoms with van der Waals surface area (Å²) in [6, 6.07) is 3.91. The Morgan fingerprint density at radius 3 is 2.88 bits per heavy atom. The third-order valence-corrected chi connectivity index (χ3v) is 1.95. The maximum Gasteiger partial charge on any atom is 0.337 e. The van der Waals surface area contributed by atoms with Crippen molar-refractivity contribution >= 4 is 18.3 Å². The average molecular weight is 222 g/mol. The molecule has 1 aromatic carbocycles. The molecule has 84 valence electrons. The minimum atomic E-state index is -0.523. The molecule has 0 radical (unpaired) electrons. The van der Waals surface area contributed by atoms with Gasteiger partial charge in [0, 0.05) is 12.0 Å². The Bertz CT molecular complexity index is 424. The van der Waals surface area contributed by atoms with Gasteiger partial charge in [0.15, 0.2) is 0 Å². The molecule has 4 heteroatoms. The van der Waals surface area contributed by atoms with Crippen LogP contribution in [0.2, 0.25) is 0 Å². The van der Waals surface area contributed by atoms with Gasteiger partial charge in [-0.3, -0.25) is 0 Å². The molecule has 0 aromatic heterocycles. The Balaban J connectivity index is 2.99. The van der Waals surface area contributed by atoms with Crippen molar-refractivity contribution in [3.05, 3.63) is 41.2 Å². The highest BCUT2D eigenvalue weighted by molar-refractivity contribution is 5.90. The van der Waals surface area contributed by atoms with E-state index in [9.17, 15) is 14.0 Å². The summed E-state index contributed by atoms with van der Waals surface area (Å²) in [7, 11) is 1.26. The predicted molar refractivity (Wildman–Crippen MR) is 57.5 cm³/mol. The number of benzene rings is 1. The number of aldehydes is 1. The quantitative estimate of drug-likeness (QED) is 0.579. The van der Waals surface area contributed by atoms with Crippen molar-refractivity contribution in [3.8, 4) is 0 Å². The fraction of sp³-hybridized carbons (Fsp3) is 0.167. The van der Waals surface area contributed by atoms with E-state index in [1.807, 2.05) is 0 Å². The smallest absolute Gasteiger partial charge is 0.337 e. The highest BCUT2D eigenvalue weighted by atomic mass is 19.1. The molecule has 0 bridgehead atoms. The summed E-state index contributed by atoms with van der Waals surface area (Å²) in [5.74, 6) is -0.972. The van der Waals surface area contributed by atoms with Crippen molar-refractivity contribution < 1.29 is 18.7 Å². The molecular formula is C12H11FO3. The Hall–Kier alpha value is -1.97. The number of methoxy groups -OCH3 is 1. The van der Waals surface area contributed by atoms with E-state index in [1.54, 1.807) is 0 Å². The number of allylic oxidation sites excluding steroid dienone is 1. The molecule has 0 amide bonds. The molecule has 0 aliphatic rings. The zero-order chi connectivity index (χ0) is 12.0. The standard InChI is InChI=1S/C12H11FO3/c1-16-12(15)10-5-6-11(13)9(8-10)4-2-3-7-14/h2,4-8H,3H2,1H3. The van der Waals surface area contributed by atoms with Crippen LogP contribution in [0.4, 0.5) is 4.39 Å². The molecule has 0 atom stereocenters. The van der Waals surface area contributed by atoms with E-state index in [1.165, 1.54) is 37.5 Å². The van der Waals surface area contributed by atoms with E-state index < -0.39 is 11.8 Å². The van der Waals surface area contributed by atoms with Gasteiger partial charge in [-0.1, -0.05) is 12.2 Å². The van der Waals surface area contributed by atoms with Crippen LogP contribution in [0.3, 0.4) is 0 Å². The van der Waals surface area contributed by atoms with Crippen LogP contribution in [0.15, 0.2) is 24.3 Å². The van der Waals surface area contributed by atoms with Gasteiger partial charge in [0.25, 0.3) is 0 Å². The van der Waals surface area contributed by atoms with Gasteiger partial charge in [-0.2, -0.15) is 0 Å². The first-order valence-corrected chi connectivity index (χ1v) is 4.67. The van der Waals surface area contributed by atoms with Crippen LogP contribution in [-0.2, 0) is 9.53 Å². The van der Waals surface area contributed by atoms with Crippen molar-refractivity contribution in [1.29, 1.82) is 0 Å².